The van der Waals surface area contributed by atoms with E-state index in [1.54, 1.807) is 37.4 Å². The van der Waals surface area contributed by atoms with Crippen LogP contribution in [0.2, 0.25) is 0 Å². The fourth-order valence-electron chi connectivity index (χ4n) is 3.82. The number of rotatable bonds is 5. The number of nitrogens with one attached hydrogen (secondary N) is 1. The lowest BCUT2D eigenvalue weighted by molar-refractivity contribution is -0.139. The first kappa shape index (κ1) is 20.6. The number of nitrogens with zero attached hydrogens (tertiary/aromatic N) is 1. The van der Waals surface area contributed by atoms with Gasteiger partial charge in [-0.05, 0) is 31.5 Å². The number of aliphatic carboxylic acids is 1. The maximum atomic E-state index is 13.6. The number of benzene rings is 2. The zero-order valence-electron chi connectivity index (χ0n) is 17.1. The fourth-order valence-corrected chi connectivity index (χ4v) is 4.87. The lowest BCUT2D eigenvalue weighted by Crippen LogP contribution is -2.41. The molecule has 0 fully saturated rings. The fraction of sp³-hybridized carbons (Fsp3) is 0.174. The quantitative estimate of drug-likeness (QED) is 0.497. The summed E-state index contributed by atoms with van der Waals surface area (Å²) in [6.07, 6.45) is 0. The maximum absolute atomic E-state index is 13.6. The normalized spacial score (nSPS) is 12.1. The van der Waals surface area contributed by atoms with Gasteiger partial charge in [0, 0.05) is 16.0 Å². The van der Waals surface area contributed by atoms with Crippen LogP contribution in [0.25, 0.3) is 21.3 Å². The average molecular weight is 436 g/mol. The van der Waals surface area contributed by atoms with Crippen molar-refractivity contribution in [1.29, 1.82) is 0 Å². The molecular formula is C23H20N2O5S. The van der Waals surface area contributed by atoms with Crippen LogP contribution in [0.4, 0.5) is 0 Å². The van der Waals surface area contributed by atoms with E-state index in [1.165, 1.54) is 11.3 Å². The lowest BCUT2D eigenvalue weighted by atomic mass is 10.0. The van der Waals surface area contributed by atoms with Crippen LogP contribution in [0.5, 0.6) is 5.75 Å². The molecule has 0 aliphatic rings. The van der Waals surface area contributed by atoms with Gasteiger partial charge in [-0.15, -0.1) is 11.3 Å². The van der Waals surface area contributed by atoms with Crippen molar-refractivity contribution >= 4 is 27.5 Å². The van der Waals surface area contributed by atoms with Crippen molar-refractivity contribution in [2.75, 3.05) is 7.11 Å². The minimum atomic E-state index is -1.45. The monoisotopic (exact) mass is 436 g/mol. The number of H-pyrrole nitrogens is 1. The highest BCUT2D eigenvalue weighted by atomic mass is 32.1. The number of ether oxygens (including phenoxy) is 1. The molecule has 0 aliphatic carbocycles. The summed E-state index contributed by atoms with van der Waals surface area (Å²) in [5.41, 5.74) is 1.24. The summed E-state index contributed by atoms with van der Waals surface area (Å²) in [5.74, 6) is -0.705. The van der Waals surface area contributed by atoms with E-state index in [1.807, 2.05) is 32.0 Å². The van der Waals surface area contributed by atoms with Crippen molar-refractivity contribution in [3.63, 3.8) is 0 Å². The highest BCUT2D eigenvalue weighted by Crippen LogP contribution is 2.40. The number of aromatic nitrogens is 2. The molecule has 1 unspecified atom stereocenters. The smallest absolute Gasteiger partial charge is 0.331 e. The minimum Gasteiger partial charge on any atom is -0.496 e. The predicted octanol–water partition coefficient (Wildman–Crippen LogP) is 3.72. The van der Waals surface area contributed by atoms with Crippen LogP contribution in [0.15, 0.2) is 58.1 Å². The van der Waals surface area contributed by atoms with Crippen LogP contribution >= 0.6 is 11.3 Å². The molecule has 0 saturated heterocycles. The molecule has 0 spiro atoms. The summed E-state index contributed by atoms with van der Waals surface area (Å²) < 4.78 is 6.28. The highest BCUT2D eigenvalue weighted by molar-refractivity contribution is 7.19. The van der Waals surface area contributed by atoms with E-state index in [9.17, 15) is 19.5 Å². The number of aromatic amines is 1. The van der Waals surface area contributed by atoms with Crippen molar-refractivity contribution < 1.29 is 14.6 Å². The molecule has 0 amide bonds. The van der Waals surface area contributed by atoms with Gasteiger partial charge in [-0.25, -0.2) is 14.2 Å². The third-order valence-electron chi connectivity index (χ3n) is 5.19. The summed E-state index contributed by atoms with van der Waals surface area (Å²) in [5, 5.41) is 10.2. The molecule has 0 bridgehead atoms. The molecule has 2 aromatic heterocycles. The molecule has 1 atom stereocenters. The minimum absolute atomic E-state index is 0.271. The van der Waals surface area contributed by atoms with Gasteiger partial charge in [0.25, 0.3) is 5.56 Å². The number of fused-ring (bicyclic) bond motifs is 1. The number of hydrogen-bond donors (Lipinski definition) is 2. The van der Waals surface area contributed by atoms with Crippen LogP contribution in [-0.2, 0) is 4.79 Å². The standard InChI is InChI=1S/C23H20N2O5S/c1-12-9-10-16(30-3)15(11-12)17-13(2)31-20-18(17)21(26)25(23(29)24-20)19(22(27)28)14-7-5-4-6-8-14/h4-11,19H,1-3H3,(H,24,29)(H,27,28). The molecule has 2 heterocycles. The second-order valence-electron chi connectivity index (χ2n) is 7.20. The number of thiophene rings is 1. The Morgan fingerprint density at radius 1 is 1.13 bits per heavy atom. The zero-order valence-corrected chi connectivity index (χ0v) is 17.9. The van der Waals surface area contributed by atoms with Gasteiger partial charge in [-0.1, -0.05) is 42.0 Å². The summed E-state index contributed by atoms with van der Waals surface area (Å²) in [7, 11) is 1.55. The van der Waals surface area contributed by atoms with Crippen molar-refractivity contribution in [2.24, 2.45) is 0 Å². The Morgan fingerprint density at radius 2 is 1.84 bits per heavy atom. The molecule has 2 N–H and O–H groups in total. The molecule has 7 nitrogen and oxygen atoms in total. The van der Waals surface area contributed by atoms with Crippen molar-refractivity contribution in [3.05, 3.63) is 85.4 Å². The number of carboxylic acid groups (broad SMARTS) is 1. The molecule has 4 aromatic rings. The van der Waals surface area contributed by atoms with Gasteiger partial charge in [0.15, 0.2) is 6.04 Å². The Morgan fingerprint density at radius 3 is 2.48 bits per heavy atom. The molecule has 0 radical (unpaired) electrons. The van der Waals surface area contributed by atoms with Gasteiger partial charge in [-0.3, -0.25) is 9.78 Å². The zero-order chi connectivity index (χ0) is 22.3. The summed E-state index contributed by atoms with van der Waals surface area (Å²) >= 11 is 1.28. The van der Waals surface area contributed by atoms with Crippen LogP contribution in [0, 0.1) is 13.8 Å². The number of carbonyl (C=O) groups is 1. The Bertz CT molecular complexity index is 1420. The Hall–Kier alpha value is -3.65. The Labute approximate surface area is 181 Å². The second-order valence-corrected chi connectivity index (χ2v) is 8.42. The predicted molar refractivity (Wildman–Crippen MR) is 120 cm³/mol. The number of methoxy groups -OCH3 is 1. The molecule has 2 aromatic carbocycles. The molecule has 0 aliphatic heterocycles. The van der Waals surface area contributed by atoms with Gasteiger partial charge in [0.1, 0.15) is 10.6 Å². The van der Waals surface area contributed by atoms with Crippen LogP contribution in [0.3, 0.4) is 0 Å². The molecular weight excluding hydrogens is 416 g/mol. The molecule has 8 heteroatoms. The van der Waals surface area contributed by atoms with E-state index in [-0.39, 0.29) is 5.39 Å². The van der Waals surface area contributed by atoms with E-state index in [2.05, 4.69) is 4.98 Å². The Balaban J connectivity index is 2.09. The van der Waals surface area contributed by atoms with Crippen LogP contribution in [-0.4, -0.2) is 27.7 Å². The first-order valence-corrected chi connectivity index (χ1v) is 10.4. The number of carboxylic acids is 1. The van der Waals surface area contributed by atoms with Crippen molar-refractivity contribution in [2.45, 2.75) is 19.9 Å². The number of aryl methyl sites for hydroxylation is 2. The molecule has 4 rings (SSSR count). The molecule has 158 valence electrons. The Kier molecular flexibility index (Phi) is 5.24. The van der Waals surface area contributed by atoms with Gasteiger partial charge < -0.3 is 9.84 Å². The third kappa shape index (κ3) is 3.44. The SMILES string of the molecule is COc1ccc(C)cc1-c1c(C)sc2[nH]c(=O)n(C(C(=O)O)c3ccccc3)c(=O)c12. The molecule has 31 heavy (non-hydrogen) atoms. The van der Waals surface area contributed by atoms with E-state index < -0.39 is 23.3 Å². The van der Waals surface area contributed by atoms with E-state index >= 15 is 0 Å². The maximum Gasteiger partial charge on any atom is 0.331 e. The van der Waals surface area contributed by atoms with E-state index in [4.69, 9.17) is 4.74 Å². The van der Waals surface area contributed by atoms with E-state index in [0.29, 0.717) is 27.3 Å². The topological polar surface area (TPSA) is 101 Å². The average Bonchev–Trinajstić information content (AvgIpc) is 3.06. The van der Waals surface area contributed by atoms with Gasteiger partial charge in [0.05, 0.1) is 12.5 Å². The van der Waals surface area contributed by atoms with Crippen molar-refractivity contribution in [1.82, 2.24) is 9.55 Å². The van der Waals surface area contributed by atoms with Gasteiger partial charge in [0.2, 0.25) is 0 Å². The second kappa shape index (κ2) is 7.88. The van der Waals surface area contributed by atoms with Gasteiger partial charge in [-0.2, -0.15) is 0 Å². The van der Waals surface area contributed by atoms with E-state index in [0.717, 1.165) is 15.0 Å². The van der Waals surface area contributed by atoms with Crippen LogP contribution < -0.4 is 16.0 Å². The summed E-state index contributed by atoms with van der Waals surface area (Å²) in [6, 6.07) is 12.4. The summed E-state index contributed by atoms with van der Waals surface area (Å²) in [6.45, 7) is 3.79. The van der Waals surface area contributed by atoms with Crippen molar-refractivity contribution in [3.8, 4) is 16.9 Å². The first-order valence-electron chi connectivity index (χ1n) is 9.54. The largest absolute Gasteiger partial charge is 0.496 e. The summed E-state index contributed by atoms with van der Waals surface area (Å²) in [4.78, 5) is 42.5. The third-order valence-corrected chi connectivity index (χ3v) is 6.21. The van der Waals surface area contributed by atoms with Gasteiger partial charge >= 0.3 is 11.7 Å². The highest BCUT2D eigenvalue weighted by Gasteiger charge is 2.28. The lowest BCUT2D eigenvalue weighted by Gasteiger charge is -2.15. The van der Waals surface area contributed by atoms with Crippen LogP contribution in [0.1, 0.15) is 22.0 Å². The first-order chi connectivity index (χ1) is 14.8. The molecule has 0 saturated carbocycles. The number of hydrogen-bond acceptors (Lipinski definition) is 5.